The normalized spacial score (nSPS) is 15.8. The Morgan fingerprint density at radius 1 is 0.340 bits per heavy atom. The fourth-order valence-electron chi connectivity index (χ4n) is 14.2. The molecule has 15 aromatic rings. The van der Waals surface area contributed by atoms with Gasteiger partial charge < -0.3 is 18.9 Å². The minimum Gasteiger partial charge on any atom is -0.311 e. The summed E-state index contributed by atoms with van der Waals surface area (Å²) >= 11 is 0. The van der Waals surface area contributed by atoms with Gasteiger partial charge in [-0.2, -0.15) is 5.26 Å². The fraction of sp³-hybridized carbons (Fsp3) is 0.132. The number of aromatic nitrogens is 2. The molecule has 0 saturated heterocycles. The maximum atomic E-state index is 11.7. The van der Waals surface area contributed by atoms with Crippen LogP contribution in [-0.4, -0.2) is 15.8 Å². The van der Waals surface area contributed by atoms with Gasteiger partial charge in [-0.25, -0.2) is 0 Å². The summed E-state index contributed by atoms with van der Waals surface area (Å²) in [5.41, 5.74) is 11.3. The van der Waals surface area contributed by atoms with Crippen molar-refractivity contribution in [2.75, 3.05) is 9.80 Å². The van der Waals surface area contributed by atoms with Gasteiger partial charge in [0.05, 0.1) is 66.4 Å². The van der Waals surface area contributed by atoms with Gasteiger partial charge >= 0.3 is 0 Å². The fourth-order valence-corrected chi connectivity index (χ4v) is 14.2. The molecule has 0 unspecified atom stereocenters. The van der Waals surface area contributed by atoms with Crippen LogP contribution in [0.1, 0.15) is 112 Å². The molecule has 2 aliphatic heterocycles. The van der Waals surface area contributed by atoms with Gasteiger partial charge in [-0.05, 0) is 173 Å². The van der Waals surface area contributed by atoms with Gasteiger partial charge in [0, 0.05) is 61.2 Å². The van der Waals surface area contributed by atoms with Crippen molar-refractivity contribution in [2.45, 2.75) is 78.6 Å². The zero-order valence-corrected chi connectivity index (χ0v) is 54.9. The van der Waals surface area contributed by atoms with E-state index < -0.39 is 144 Å². The summed E-state index contributed by atoms with van der Waals surface area (Å²) in [6, 6.07) is 43.7. The number of hydrogen-bond acceptors (Lipinski definition) is 3. The van der Waals surface area contributed by atoms with Crippen LogP contribution in [0.25, 0.3) is 99.5 Å². The second-order valence-electron chi connectivity index (χ2n) is 28.2. The number of para-hydroxylation sites is 3. The molecule has 2 aromatic heterocycles. The number of hydrogen-bond donors (Lipinski definition) is 0. The lowest BCUT2D eigenvalue weighted by atomic mass is 9.33. The Labute approximate surface area is 597 Å². The number of benzene rings is 13. The van der Waals surface area contributed by atoms with E-state index in [9.17, 15) is 24.5 Å². The first-order chi connectivity index (χ1) is 55.3. The zero-order chi connectivity index (χ0) is 83.6. The molecule has 0 spiro atoms. The molecule has 13 aromatic carbocycles. The predicted octanol–water partition coefficient (Wildman–Crippen LogP) is 22.4. The maximum Gasteiger partial charge on any atom is 0.252 e. The lowest BCUT2D eigenvalue weighted by Crippen LogP contribution is -2.61. The van der Waals surface area contributed by atoms with Crippen LogP contribution in [-0.2, 0) is 16.2 Å². The van der Waals surface area contributed by atoms with Gasteiger partial charge in [-0.15, -0.1) is 0 Å². The first-order valence-corrected chi connectivity index (χ1v) is 32.4. The molecule has 5 nitrogen and oxygen atoms in total. The van der Waals surface area contributed by atoms with Crippen LogP contribution in [0.5, 0.6) is 0 Å². The number of nitrogens with zero attached hydrogens (tertiary/aromatic N) is 5. The third-order valence-electron chi connectivity index (χ3n) is 19.1. The van der Waals surface area contributed by atoms with Crippen molar-refractivity contribution in [2.24, 2.45) is 0 Å². The van der Waals surface area contributed by atoms with E-state index >= 15 is 0 Å². The van der Waals surface area contributed by atoms with E-state index in [1.165, 1.54) is 15.2 Å². The molecule has 466 valence electrons. The van der Waals surface area contributed by atoms with Gasteiger partial charge in [-0.3, -0.25) is 0 Å². The van der Waals surface area contributed by atoms with E-state index in [0.29, 0.717) is 16.8 Å². The summed E-state index contributed by atoms with van der Waals surface area (Å²) in [6.07, 6.45) is 0. The second-order valence-corrected chi connectivity index (χ2v) is 28.2. The Morgan fingerprint density at radius 2 is 0.845 bits per heavy atom. The quantitative estimate of drug-likeness (QED) is 0.142. The number of nitriles is 1. The van der Waals surface area contributed by atoms with E-state index in [-0.39, 0.29) is 77.1 Å². The number of fused-ring (bicyclic) bond motifs is 10. The van der Waals surface area contributed by atoms with Gasteiger partial charge in [0.15, 0.2) is 0 Å². The average molecular weight is 1270 g/mol. The van der Waals surface area contributed by atoms with Crippen LogP contribution in [0.2, 0.25) is 0 Å². The standard InChI is InChI=1S/C91H74BN5/c1-89(2,3)66-47-65(48-67(52-66)90(4,5)6)63-39-44-76-84(51-63)97(81-46-40-61(58-25-13-10-14-26-58)49-75(81)60-29-17-12-18-30-60)87-54-68(91(7,8)9)53-86-88(87)92(76)77-45-42-70(94-78-34-22-19-31-71(78)72-32-20-23-35-79(72)94)56-85(77)95(86)69-41-37-64(57-93)82(55-69)96-80-36-24-21-33-73(80)74-43-38-62(50-83(74)96)59-27-15-11-16-28-59/h10-56H,1-9H3/i11D,15D,16D,19D,20D,21D,22D,23D,24D,27D,28D,31D,32D,33D,34D,35D,36D,38D,43D,50D. The van der Waals surface area contributed by atoms with E-state index in [1.54, 1.807) is 24.3 Å². The molecule has 0 aliphatic carbocycles. The molecule has 6 heteroatoms. The van der Waals surface area contributed by atoms with Crippen LogP contribution < -0.4 is 26.2 Å². The first kappa shape index (κ1) is 41.4. The van der Waals surface area contributed by atoms with Crippen LogP contribution in [0.3, 0.4) is 0 Å². The largest absolute Gasteiger partial charge is 0.311 e. The Kier molecular flexibility index (Phi) is 9.56. The molecule has 0 saturated carbocycles. The average Bonchev–Trinajstić information content (AvgIpc) is 1.67. The number of rotatable bonds is 8. The Hall–Kier alpha value is -11.4. The molecule has 0 radical (unpaired) electrons. The molecular weight excluding hydrogens is 1170 g/mol. The van der Waals surface area contributed by atoms with E-state index in [1.807, 2.05) is 47.4 Å². The minimum absolute atomic E-state index is 0.122. The maximum absolute atomic E-state index is 11.7. The van der Waals surface area contributed by atoms with E-state index in [0.717, 1.165) is 78.1 Å². The highest BCUT2D eigenvalue weighted by molar-refractivity contribution is 7.00. The summed E-state index contributed by atoms with van der Waals surface area (Å²) in [6.45, 7) is 18.9. The molecule has 2 aliphatic rings. The van der Waals surface area contributed by atoms with Crippen molar-refractivity contribution in [3.63, 3.8) is 0 Å². The lowest BCUT2D eigenvalue weighted by molar-refractivity contribution is 0.569. The van der Waals surface area contributed by atoms with Crippen molar-refractivity contribution in [1.82, 2.24) is 9.13 Å². The summed E-state index contributed by atoms with van der Waals surface area (Å²) in [5.74, 6) is 0. The SMILES string of the molecule is [2H]c1c([2H])c([2H])c(-c2c([2H])c([2H])c3c4c([2H])c([2H])c([2H])c([2H])c4n(-c4cc(N5c6cc(-n7c8c([2H])c([2H])c([2H])c([2H])c8c8c([2H])c([2H])c([2H])c([2H])c87)ccc6B6c7ccc(-c8cc(C(C)(C)C)cc(C(C)(C)C)c8)cc7N(c7ccc(-c8ccccc8)cc7-c7ccccc7)c7cc(C(C)(C)C)cc5c76)ccc4C#N)c3c2[2H])c([2H])c1[2H]. The van der Waals surface area contributed by atoms with Crippen LogP contribution in [0.15, 0.2) is 285 Å². The molecular formula is C91H74BN5. The summed E-state index contributed by atoms with van der Waals surface area (Å²) < 4.78 is 190. The highest BCUT2D eigenvalue weighted by Crippen LogP contribution is 2.51. The molecule has 0 atom stereocenters. The molecule has 0 fully saturated rings. The molecule has 17 rings (SSSR count). The third-order valence-corrected chi connectivity index (χ3v) is 19.1. The topological polar surface area (TPSA) is 40.1 Å². The predicted molar refractivity (Wildman–Crippen MR) is 412 cm³/mol. The van der Waals surface area contributed by atoms with Crippen molar-refractivity contribution < 1.29 is 27.4 Å². The second kappa shape index (κ2) is 22.4. The Morgan fingerprint density at radius 3 is 1.46 bits per heavy atom. The van der Waals surface area contributed by atoms with Gasteiger partial charge in [0.25, 0.3) is 6.71 Å². The molecule has 0 amide bonds. The van der Waals surface area contributed by atoms with Gasteiger partial charge in [0.2, 0.25) is 0 Å². The molecule has 0 bridgehead atoms. The third kappa shape index (κ3) is 9.81. The molecule has 4 heterocycles. The lowest BCUT2D eigenvalue weighted by Gasteiger charge is -2.45. The monoisotopic (exact) mass is 1270 g/mol. The summed E-state index contributed by atoms with van der Waals surface area (Å²) in [7, 11) is 0. The van der Waals surface area contributed by atoms with Crippen LogP contribution in [0, 0.1) is 11.3 Å². The van der Waals surface area contributed by atoms with Crippen molar-refractivity contribution in [3.8, 4) is 62.0 Å². The van der Waals surface area contributed by atoms with Crippen LogP contribution >= 0.6 is 0 Å². The highest BCUT2D eigenvalue weighted by Gasteiger charge is 2.45. The Bertz CT molecular complexity index is 6850. The van der Waals surface area contributed by atoms with Crippen molar-refractivity contribution in [1.29, 1.82) is 5.26 Å². The van der Waals surface area contributed by atoms with E-state index in [2.05, 4.69) is 164 Å². The summed E-state index contributed by atoms with van der Waals surface area (Å²) in [5, 5.41) is 10.8. The zero-order valence-electron chi connectivity index (χ0n) is 74.9. The number of anilines is 6. The minimum atomic E-state index is -0.793. The first-order valence-electron chi connectivity index (χ1n) is 42.4. The van der Waals surface area contributed by atoms with Gasteiger partial charge in [-0.1, -0.05) is 262 Å². The van der Waals surface area contributed by atoms with Crippen molar-refractivity contribution >= 4 is 101 Å². The highest BCUT2D eigenvalue weighted by atomic mass is 15.2. The molecule has 0 N–H and O–H groups in total. The summed E-state index contributed by atoms with van der Waals surface area (Å²) in [4.78, 5) is 4.31. The van der Waals surface area contributed by atoms with Crippen molar-refractivity contribution in [3.05, 3.63) is 307 Å². The van der Waals surface area contributed by atoms with Gasteiger partial charge in [0.1, 0.15) is 6.07 Å². The molecule has 97 heavy (non-hydrogen) atoms. The Balaban J connectivity index is 1.05. The van der Waals surface area contributed by atoms with Crippen LogP contribution in [0.4, 0.5) is 34.1 Å². The van der Waals surface area contributed by atoms with E-state index in [4.69, 9.17) is 8.22 Å². The smallest absolute Gasteiger partial charge is 0.252 e.